The van der Waals surface area contributed by atoms with Crippen molar-refractivity contribution >= 4 is 17.6 Å². The summed E-state index contributed by atoms with van der Waals surface area (Å²) >= 11 is 0. The number of urea groups is 1. The van der Waals surface area contributed by atoms with Crippen LogP contribution in [-0.4, -0.2) is 30.6 Å². The second-order valence-corrected chi connectivity index (χ2v) is 6.78. The Morgan fingerprint density at radius 3 is 2.46 bits per heavy atom. The van der Waals surface area contributed by atoms with Crippen molar-refractivity contribution in [2.75, 3.05) is 11.4 Å². The molecule has 0 aliphatic carbocycles. The molecule has 0 spiro atoms. The molecule has 0 aromatic heterocycles. The number of benzene rings is 2. The van der Waals surface area contributed by atoms with Crippen LogP contribution in [0.4, 0.5) is 10.5 Å². The van der Waals surface area contributed by atoms with Crippen LogP contribution in [0.3, 0.4) is 0 Å². The van der Waals surface area contributed by atoms with Gasteiger partial charge in [-0.2, -0.15) is 0 Å². The van der Waals surface area contributed by atoms with E-state index in [1.165, 1.54) is 5.56 Å². The van der Waals surface area contributed by atoms with Crippen LogP contribution in [0, 0.1) is 0 Å². The van der Waals surface area contributed by atoms with Crippen molar-refractivity contribution in [2.45, 2.75) is 38.3 Å². The minimum Gasteiger partial charge on any atom is -0.336 e. The zero-order valence-electron chi connectivity index (χ0n) is 15.0. The van der Waals surface area contributed by atoms with E-state index in [4.69, 9.17) is 0 Å². The second kappa shape index (κ2) is 8.52. The summed E-state index contributed by atoms with van der Waals surface area (Å²) in [7, 11) is 0. The summed E-state index contributed by atoms with van der Waals surface area (Å²) in [5, 5.41) is 5.89. The predicted octanol–water partition coefficient (Wildman–Crippen LogP) is 3.11. The minimum absolute atomic E-state index is 0.0404. The molecule has 2 aromatic carbocycles. The van der Waals surface area contributed by atoms with E-state index in [-0.39, 0.29) is 24.0 Å². The maximum Gasteiger partial charge on any atom is 0.315 e. The van der Waals surface area contributed by atoms with Crippen molar-refractivity contribution in [3.05, 3.63) is 66.2 Å². The van der Waals surface area contributed by atoms with E-state index in [1.54, 1.807) is 4.90 Å². The number of amides is 3. The van der Waals surface area contributed by atoms with Crippen molar-refractivity contribution in [1.82, 2.24) is 10.6 Å². The molecule has 3 rings (SSSR count). The maximum absolute atomic E-state index is 12.2. The summed E-state index contributed by atoms with van der Waals surface area (Å²) in [6.45, 7) is 2.51. The van der Waals surface area contributed by atoms with Gasteiger partial charge in [0.2, 0.25) is 5.91 Å². The van der Waals surface area contributed by atoms with Crippen LogP contribution in [0.5, 0.6) is 0 Å². The first-order chi connectivity index (χ1) is 12.6. The molecule has 1 saturated heterocycles. The van der Waals surface area contributed by atoms with Crippen LogP contribution in [0.2, 0.25) is 0 Å². The van der Waals surface area contributed by atoms with Gasteiger partial charge in [0.1, 0.15) is 0 Å². The van der Waals surface area contributed by atoms with Gasteiger partial charge in [-0.3, -0.25) is 4.79 Å². The van der Waals surface area contributed by atoms with Crippen LogP contribution >= 0.6 is 0 Å². The van der Waals surface area contributed by atoms with E-state index >= 15 is 0 Å². The number of nitrogens with one attached hydrogen (secondary N) is 2. The molecule has 1 heterocycles. The SMILES string of the molecule is CC(CCc1ccccc1)NC(=O)NC1CC(=O)N(c2ccccc2)C1. The number of rotatable bonds is 6. The van der Waals surface area contributed by atoms with E-state index in [0.29, 0.717) is 13.0 Å². The Morgan fingerprint density at radius 2 is 1.77 bits per heavy atom. The molecule has 2 atom stereocenters. The first-order valence-electron chi connectivity index (χ1n) is 9.08. The maximum atomic E-state index is 12.2. The lowest BCUT2D eigenvalue weighted by molar-refractivity contribution is -0.117. The van der Waals surface area contributed by atoms with Gasteiger partial charge in [-0.05, 0) is 37.5 Å². The third-order valence-corrected chi connectivity index (χ3v) is 4.61. The number of hydrogen-bond acceptors (Lipinski definition) is 2. The number of nitrogens with zero attached hydrogens (tertiary/aromatic N) is 1. The molecule has 2 aromatic rings. The van der Waals surface area contributed by atoms with Crippen LogP contribution < -0.4 is 15.5 Å². The Hall–Kier alpha value is -2.82. The largest absolute Gasteiger partial charge is 0.336 e. The van der Waals surface area contributed by atoms with E-state index in [0.717, 1.165) is 18.5 Å². The van der Waals surface area contributed by atoms with E-state index in [9.17, 15) is 9.59 Å². The van der Waals surface area contributed by atoms with Gasteiger partial charge in [0, 0.05) is 24.7 Å². The predicted molar refractivity (Wildman–Crippen MR) is 103 cm³/mol. The van der Waals surface area contributed by atoms with Gasteiger partial charge < -0.3 is 15.5 Å². The quantitative estimate of drug-likeness (QED) is 0.840. The number of para-hydroxylation sites is 1. The smallest absolute Gasteiger partial charge is 0.315 e. The van der Waals surface area contributed by atoms with Gasteiger partial charge in [-0.1, -0.05) is 48.5 Å². The molecule has 1 fully saturated rings. The molecule has 2 unspecified atom stereocenters. The highest BCUT2D eigenvalue weighted by Crippen LogP contribution is 2.20. The molecule has 1 aliphatic heterocycles. The molecule has 5 nitrogen and oxygen atoms in total. The van der Waals surface area contributed by atoms with Crippen molar-refractivity contribution in [2.24, 2.45) is 0 Å². The Bertz CT molecular complexity index is 733. The highest BCUT2D eigenvalue weighted by Gasteiger charge is 2.31. The zero-order valence-corrected chi connectivity index (χ0v) is 15.0. The zero-order chi connectivity index (χ0) is 18.4. The number of aryl methyl sites for hydroxylation is 1. The van der Waals surface area contributed by atoms with Crippen molar-refractivity contribution in [3.63, 3.8) is 0 Å². The molecule has 5 heteroatoms. The molecular weight excluding hydrogens is 326 g/mol. The standard InChI is InChI=1S/C21H25N3O2/c1-16(12-13-17-8-4-2-5-9-17)22-21(26)23-18-14-20(25)24(15-18)19-10-6-3-7-11-19/h2-11,16,18H,12-15H2,1H3,(H2,22,23,26). The number of hydrogen-bond donors (Lipinski definition) is 2. The topological polar surface area (TPSA) is 61.4 Å². The lowest BCUT2D eigenvalue weighted by Gasteiger charge is -2.19. The molecule has 26 heavy (non-hydrogen) atoms. The summed E-state index contributed by atoms with van der Waals surface area (Å²) < 4.78 is 0. The Kier molecular flexibility index (Phi) is 5.89. The average Bonchev–Trinajstić information content (AvgIpc) is 3.01. The van der Waals surface area contributed by atoms with Gasteiger partial charge in [0.05, 0.1) is 6.04 Å². The van der Waals surface area contributed by atoms with Gasteiger partial charge in [0.25, 0.3) is 0 Å². The summed E-state index contributed by atoms with van der Waals surface area (Å²) in [5.74, 6) is 0.0404. The molecule has 0 radical (unpaired) electrons. The van der Waals surface area contributed by atoms with Crippen molar-refractivity contribution in [1.29, 1.82) is 0 Å². The first-order valence-corrected chi connectivity index (χ1v) is 9.08. The van der Waals surface area contributed by atoms with Crippen molar-refractivity contribution < 1.29 is 9.59 Å². The summed E-state index contributed by atoms with van der Waals surface area (Å²) in [6.07, 6.45) is 2.13. The molecule has 0 saturated carbocycles. The van der Waals surface area contributed by atoms with Crippen LogP contribution in [-0.2, 0) is 11.2 Å². The molecule has 1 aliphatic rings. The fraction of sp³-hybridized carbons (Fsp3) is 0.333. The first kappa shape index (κ1) is 18.0. The Morgan fingerprint density at radius 1 is 1.12 bits per heavy atom. The third-order valence-electron chi connectivity index (χ3n) is 4.61. The van der Waals surface area contributed by atoms with E-state index < -0.39 is 0 Å². The Balaban J connectivity index is 1.44. The highest BCUT2D eigenvalue weighted by atomic mass is 16.2. The minimum atomic E-state index is -0.210. The van der Waals surface area contributed by atoms with Gasteiger partial charge >= 0.3 is 6.03 Å². The fourth-order valence-corrected chi connectivity index (χ4v) is 3.21. The number of anilines is 1. The van der Waals surface area contributed by atoms with Gasteiger partial charge in [-0.25, -0.2) is 4.79 Å². The summed E-state index contributed by atoms with van der Waals surface area (Å²) in [4.78, 5) is 26.1. The van der Waals surface area contributed by atoms with E-state index in [1.807, 2.05) is 55.5 Å². The van der Waals surface area contributed by atoms with E-state index in [2.05, 4.69) is 22.8 Å². The molecule has 136 valence electrons. The van der Waals surface area contributed by atoms with Crippen LogP contribution in [0.25, 0.3) is 0 Å². The van der Waals surface area contributed by atoms with Crippen molar-refractivity contribution in [3.8, 4) is 0 Å². The Labute approximate surface area is 154 Å². The summed E-state index contributed by atoms with van der Waals surface area (Å²) in [5.41, 5.74) is 2.14. The van der Waals surface area contributed by atoms with Gasteiger partial charge in [0.15, 0.2) is 0 Å². The van der Waals surface area contributed by atoms with Crippen LogP contribution in [0.1, 0.15) is 25.3 Å². The number of carbonyl (C=O) groups is 2. The normalized spacial score (nSPS) is 17.8. The highest BCUT2D eigenvalue weighted by molar-refractivity contribution is 5.96. The average molecular weight is 351 g/mol. The lowest BCUT2D eigenvalue weighted by Crippen LogP contribution is -2.46. The molecule has 3 amide bonds. The second-order valence-electron chi connectivity index (χ2n) is 6.78. The molecule has 0 bridgehead atoms. The lowest BCUT2D eigenvalue weighted by atomic mass is 10.1. The third kappa shape index (κ3) is 4.85. The van der Waals surface area contributed by atoms with Gasteiger partial charge in [-0.15, -0.1) is 0 Å². The summed E-state index contributed by atoms with van der Waals surface area (Å²) in [6, 6.07) is 19.5. The monoisotopic (exact) mass is 351 g/mol. The fourth-order valence-electron chi connectivity index (χ4n) is 3.21. The number of carbonyl (C=O) groups excluding carboxylic acids is 2. The molecular formula is C21H25N3O2. The molecule has 2 N–H and O–H groups in total. The van der Waals surface area contributed by atoms with Crippen LogP contribution in [0.15, 0.2) is 60.7 Å².